The van der Waals surface area contributed by atoms with Crippen molar-refractivity contribution in [3.63, 3.8) is 0 Å². The van der Waals surface area contributed by atoms with Gasteiger partial charge < -0.3 is 20.7 Å². The molecule has 0 aromatic rings. The molecule has 2 amide bonds. The summed E-state index contributed by atoms with van der Waals surface area (Å²) in [7, 11) is 1.64. The van der Waals surface area contributed by atoms with E-state index in [-0.39, 0.29) is 24.0 Å². The van der Waals surface area contributed by atoms with Crippen molar-refractivity contribution in [2.45, 2.75) is 50.4 Å². The number of amides is 2. The van der Waals surface area contributed by atoms with Gasteiger partial charge in [-0.2, -0.15) is 0 Å². The molecule has 6 nitrogen and oxygen atoms in total. The Balaban J connectivity index is 1.74. The van der Waals surface area contributed by atoms with E-state index in [2.05, 4.69) is 16.0 Å². The molecule has 3 unspecified atom stereocenters. The molecule has 0 aromatic carbocycles. The van der Waals surface area contributed by atoms with Gasteiger partial charge in [-0.25, -0.2) is 0 Å². The van der Waals surface area contributed by atoms with Crippen LogP contribution in [-0.4, -0.2) is 49.7 Å². The van der Waals surface area contributed by atoms with Crippen molar-refractivity contribution in [1.29, 1.82) is 0 Å². The number of hydrogen-bond acceptors (Lipinski definition) is 4. The van der Waals surface area contributed by atoms with Gasteiger partial charge in [-0.3, -0.25) is 9.59 Å². The van der Waals surface area contributed by atoms with Crippen molar-refractivity contribution < 1.29 is 14.3 Å². The first-order valence-electron chi connectivity index (χ1n) is 6.47. The second-order valence-corrected chi connectivity index (χ2v) is 5.07. The summed E-state index contributed by atoms with van der Waals surface area (Å²) in [5.41, 5.74) is 0. The molecule has 1 aliphatic heterocycles. The zero-order chi connectivity index (χ0) is 13.1. The fourth-order valence-corrected chi connectivity index (χ4v) is 2.02. The summed E-state index contributed by atoms with van der Waals surface area (Å²) in [4.78, 5) is 23.6. The standard InChI is InChI=1S/C12H21N3O3/c1-7(11(16)15-8-3-4-8)14-12(17)10-5-9(18-2)6-13-10/h7-10,13H,3-6H2,1-2H3,(H,14,17)(H,15,16). The highest BCUT2D eigenvalue weighted by Gasteiger charge is 2.31. The fourth-order valence-electron chi connectivity index (χ4n) is 2.02. The number of methoxy groups -OCH3 is 1. The molecule has 1 heterocycles. The Labute approximate surface area is 107 Å². The van der Waals surface area contributed by atoms with Crippen molar-refractivity contribution in [3.8, 4) is 0 Å². The molecule has 18 heavy (non-hydrogen) atoms. The number of nitrogens with one attached hydrogen (secondary N) is 3. The van der Waals surface area contributed by atoms with Gasteiger partial charge in [0.15, 0.2) is 0 Å². The van der Waals surface area contributed by atoms with Crippen LogP contribution in [0.4, 0.5) is 0 Å². The molecule has 0 aromatic heterocycles. The second kappa shape index (κ2) is 5.67. The van der Waals surface area contributed by atoms with Gasteiger partial charge in [0.2, 0.25) is 11.8 Å². The Kier molecular flexibility index (Phi) is 4.19. The van der Waals surface area contributed by atoms with Crippen LogP contribution in [-0.2, 0) is 14.3 Å². The fraction of sp³-hybridized carbons (Fsp3) is 0.833. The minimum Gasteiger partial charge on any atom is -0.380 e. The number of ether oxygens (including phenoxy) is 1. The average Bonchev–Trinajstić information content (AvgIpc) is 3.03. The van der Waals surface area contributed by atoms with Crippen LogP contribution in [0.15, 0.2) is 0 Å². The summed E-state index contributed by atoms with van der Waals surface area (Å²) in [6.45, 7) is 2.38. The van der Waals surface area contributed by atoms with Crippen LogP contribution in [0.25, 0.3) is 0 Å². The number of carbonyl (C=O) groups is 2. The molecule has 2 fully saturated rings. The Morgan fingerprint density at radius 3 is 2.67 bits per heavy atom. The zero-order valence-electron chi connectivity index (χ0n) is 10.9. The van der Waals surface area contributed by atoms with E-state index in [0.717, 1.165) is 12.8 Å². The first-order valence-corrected chi connectivity index (χ1v) is 6.47. The maximum Gasteiger partial charge on any atom is 0.242 e. The normalized spacial score (nSPS) is 28.8. The number of rotatable bonds is 5. The highest BCUT2D eigenvalue weighted by Crippen LogP contribution is 2.18. The first kappa shape index (κ1) is 13.3. The van der Waals surface area contributed by atoms with Gasteiger partial charge in [0.1, 0.15) is 6.04 Å². The quantitative estimate of drug-likeness (QED) is 0.598. The third-order valence-electron chi connectivity index (χ3n) is 3.42. The van der Waals surface area contributed by atoms with E-state index in [0.29, 0.717) is 19.0 Å². The van der Waals surface area contributed by atoms with E-state index in [4.69, 9.17) is 4.74 Å². The minimum atomic E-state index is -0.485. The third kappa shape index (κ3) is 3.43. The highest BCUT2D eigenvalue weighted by atomic mass is 16.5. The molecule has 6 heteroatoms. The van der Waals surface area contributed by atoms with E-state index in [1.807, 2.05) is 0 Å². The third-order valence-corrected chi connectivity index (χ3v) is 3.42. The summed E-state index contributed by atoms with van der Waals surface area (Å²) >= 11 is 0. The van der Waals surface area contributed by atoms with E-state index < -0.39 is 6.04 Å². The van der Waals surface area contributed by atoms with E-state index in [1.165, 1.54) is 0 Å². The van der Waals surface area contributed by atoms with Crippen LogP contribution < -0.4 is 16.0 Å². The highest BCUT2D eigenvalue weighted by molar-refractivity contribution is 5.89. The Morgan fingerprint density at radius 1 is 1.39 bits per heavy atom. The molecule has 0 spiro atoms. The molecule has 3 atom stereocenters. The topological polar surface area (TPSA) is 79.5 Å². The summed E-state index contributed by atoms with van der Waals surface area (Å²) in [6, 6.07) is -0.424. The molecular weight excluding hydrogens is 234 g/mol. The van der Waals surface area contributed by atoms with E-state index >= 15 is 0 Å². The van der Waals surface area contributed by atoms with Crippen LogP contribution in [0.1, 0.15) is 26.2 Å². The van der Waals surface area contributed by atoms with Crippen molar-refractivity contribution in [2.24, 2.45) is 0 Å². The molecule has 0 bridgehead atoms. The predicted octanol–water partition coefficient (Wildman–Crippen LogP) is -0.853. The first-order chi connectivity index (χ1) is 8.60. The lowest BCUT2D eigenvalue weighted by Gasteiger charge is -2.17. The molecule has 2 aliphatic rings. The maximum atomic E-state index is 11.9. The van der Waals surface area contributed by atoms with Crippen LogP contribution >= 0.6 is 0 Å². The Morgan fingerprint density at radius 2 is 2.11 bits per heavy atom. The summed E-state index contributed by atoms with van der Waals surface area (Å²) < 4.78 is 5.18. The molecule has 2 rings (SSSR count). The SMILES string of the molecule is COC1CNC(C(=O)NC(C)C(=O)NC2CC2)C1. The van der Waals surface area contributed by atoms with Crippen molar-refractivity contribution in [1.82, 2.24) is 16.0 Å². The van der Waals surface area contributed by atoms with Crippen molar-refractivity contribution in [2.75, 3.05) is 13.7 Å². The number of carbonyl (C=O) groups excluding carboxylic acids is 2. The van der Waals surface area contributed by atoms with Gasteiger partial charge in [0.05, 0.1) is 12.1 Å². The average molecular weight is 255 g/mol. The predicted molar refractivity (Wildman–Crippen MR) is 66.0 cm³/mol. The molecule has 1 saturated carbocycles. The van der Waals surface area contributed by atoms with Crippen LogP contribution in [0.3, 0.4) is 0 Å². The largest absolute Gasteiger partial charge is 0.380 e. The molecule has 1 aliphatic carbocycles. The van der Waals surface area contributed by atoms with Gasteiger partial charge in [0.25, 0.3) is 0 Å². The lowest BCUT2D eigenvalue weighted by molar-refractivity contribution is -0.129. The molecule has 1 saturated heterocycles. The lowest BCUT2D eigenvalue weighted by Crippen LogP contribution is -2.50. The molecule has 0 radical (unpaired) electrons. The van der Waals surface area contributed by atoms with E-state index in [9.17, 15) is 9.59 Å². The smallest absolute Gasteiger partial charge is 0.242 e. The van der Waals surface area contributed by atoms with Crippen LogP contribution in [0, 0.1) is 0 Å². The van der Waals surface area contributed by atoms with Gasteiger partial charge in [-0.15, -0.1) is 0 Å². The maximum absolute atomic E-state index is 11.9. The van der Waals surface area contributed by atoms with Crippen LogP contribution in [0.2, 0.25) is 0 Å². The van der Waals surface area contributed by atoms with Crippen LogP contribution in [0.5, 0.6) is 0 Å². The summed E-state index contributed by atoms with van der Waals surface area (Å²) in [5.74, 6) is -0.236. The molecule has 3 N–H and O–H groups in total. The number of hydrogen-bond donors (Lipinski definition) is 3. The Hall–Kier alpha value is -1.14. The lowest BCUT2D eigenvalue weighted by atomic mass is 10.2. The van der Waals surface area contributed by atoms with Gasteiger partial charge in [-0.1, -0.05) is 0 Å². The molecular formula is C12H21N3O3. The van der Waals surface area contributed by atoms with E-state index in [1.54, 1.807) is 14.0 Å². The second-order valence-electron chi connectivity index (χ2n) is 5.07. The minimum absolute atomic E-state index is 0.0800. The summed E-state index contributed by atoms with van der Waals surface area (Å²) in [5, 5.41) is 8.69. The van der Waals surface area contributed by atoms with Crippen molar-refractivity contribution in [3.05, 3.63) is 0 Å². The van der Waals surface area contributed by atoms with Crippen molar-refractivity contribution >= 4 is 11.8 Å². The van der Waals surface area contributed by atoms with Gasteiger partial charge >= 0.3 is 0 Å². The molecule has 102 valence electrons. The monoisotopic (exact) mass is 255 g/mol. The van der Waals surface area contributed by atoms with Gasteiger partial charge in [0, 0.05) is 19.7 Å². The van der Waals surface area contributed by atoms with Gasteiger partial charge in [-0.05, 0) is 26.2 Å². The zero-order valence-corrected chi connectivity index (χ0v) is 10.9. The Bertz CT molecular complexity index is 331. The summed E-state index contributed by atoms with van der Waals surface area (Å²) in [6.07, 6.45) is 2.83.